The number of fused-ring (bicyclic) bond motifs is 1. The average molecular weight is 508 g/mol. The van der Waals surface area contributed by atoms with Crippen LogP contribution in [0.1, 0.15) is 57.1 Å². The van der Waals surface area contributed by atoms with E-state index in [-0.39, 0.29) is 23.7 Å². The van der Waals surface area contributed by atoms with Crippen LogP contribution in [0.3, 0.4) is 0 Å². The Labute approximate surface area is 219 Å². The van der Waals surface area contributed by atoms with Crippen molar-refractivity contribution in [2.45, 2.75) is 78.1 Å². The lowest BCUT2D eigenvalue weighted by molar-refractivity contribution is -0.151. The maximum absolute atomic E-state index is 12.9. The number of rotatable bonds is 11. The molecule has 3 aromatic rings. The van der Waals surface area contributed by atoms with Crippen LogP contribution in [0.4, 0.5) is 0 Å². The van der Waals surface area contributed by atoms with Crippen LogP contribution in [0, 0.1) is 12.8 Å². The van der Waals surface area contributed by atoms with Crippen LogP contribution in [0.15, 0.2) is 35.3 Å². The zero-order valence-corrected chi connectivity index (χ0v) is 22.8. The predicted octanol–water partition coefficient (Wildman–Crippen LogP) is 4.25. The van der Waals surface area contributed by atoms with Gasteiger partial charge in [-0.15, -0.1) is 0 Å². The van der Waals surface area contributed by atoms with Crippen molar-refractivity contribution in [3.63, 3.8) is 0 Å². The summed E-state index contributed by atoms with van der Waals surface area (Å²) in [5, 5.41) is 3.46. The van der Waals surface area contributed by atoms with Crippen molar-refractivity contribution in [3.05, 3.63) is 51.9 Å². The van der Waals surface area contributed by atoms with Gasteiger partial charge in [0.25, 0.3) is 5.56 Å². The van der Waals surface area contributed by atoms with Crippen LogP contribution >= 0.6 is 0 Å². The minimum absolute atomic E-state index is 0.0708. The molecule has 1 aromatic carbocycles. The van der Waals surface area contributed by atoms with Crippen LogP contribution in [-0.2, 0) is 22.6 Å². The monoisotopic (exact) mass is 507 g/mol. The van der Waals surface area contributed by atoms with Gasteiger partial charge in [-0.1, -0.05) is 19.9 Å². The Morgan fingerprint density at radius 1 is 1.24 bits per heavy atom. The predicted molar refractivity (Wildman–Crippen MR) is 148 cm³/mol. The molecule has 0 radical (unpaired) electrons. The summed E-state index contributed by atoms with van der Waals surface area (Å²) < 4.78 is 8.03. The molecule has 1 aliphatic carbocycles. The van der Waals surface area contributed by atoms with E-state index in [0.29, 0.717) is 18.0 Å². The first kappa shape index (κ1) is 27.1. The third-order valence-electron chi connectivity index (χ3n) is 7.06. The minimum atomic E-state index is -0.325. The van der Waals surface area contributed by atoms with Crippen molar-refractivity contribution in [3.8, 4) is 11.4 Å². The molecule has 2 heterocycles. The van der Waals surface area contributed by atoms with E-state index in [0.717, 1.165) is 73.2 Å². The number of hydrogen-bond acceptors (Lipinski definition) is 6. The fourth-order valence-corrected chi connectivity index (χ4v) is 4.99. The van der Waals surface area contributed by atoms with Gasteiger partial charge in [0.1, 0.15) is 18.0 Å². The summed E-state index contributed by atoms with van der Waals surface area (Å²) in [6, 6.07) is 7.85. The van der Waals surface area contributed by atoms with Crippen molar-refractivity contribution >= 4 is 17.0 Å². The summed E-state index contributed by atoms with van der Waals surface area (Å²) in [7, 11) is 4.11. The van der Waals surface area contributed by atoms with E-state index >= 15 is 0 Å². The van der Waals surface area contributed by atoms with Gasteiger partial charge < -0.3 is 24.5 Å². The van der Waals surface area contributed by atoms with Crippen LogP contribution < -0.4 is 10.9 Å². The molecule has 1 saturated carbocycles. The summed E-state index contributed by atoms with van der Waals surface area (Å²) in [5.74, 6) is 1.08. The maximum Gasteiger partial charge on any atom is 0.323 e. The Balaban J connectivity index is 1.57. The van der Waals surface area contributed by atoms with Gasteiger partial charge in [0.05, 0.1) is 11.0 Å². The van der Waals surface area contributed by atoms with Crippen molar-refractivity contribution < 1.29 is 9.53 Å². The first-order valence-electron chi connectivity index (χ1n) is 13.5. The number of likely N-dealkylation sites (N-methyl/N-ethyl adjacent to an activating group) is 1. The lowest BCUT2D eigenvalue weighted by atomic mass is 10.0. The number of aryl methyl sites for hydroxylation is 1. The van der Waals surface area contributed by atoms with Gasteiger partial charge >= 0.3 is 5.97 Å². The molecule has 0 aliphatic heterocycles. The van der Waals surface area contributed by atoms with E-state index in [9.17, 15) is 9.59 Å². The molecule has 0 unspecified atom stereocenters. The normalized spacial score (nSPS) is 15.2. The number of aromatic nitrogens is 3. The highest BCUT2D eigenvalue weighted by Crippen LogP contribution is 2.26. The molecule has 0 spiro atoms. The molecule has 1 aliphatic rings. The lowest BCUT2D eigenvalue weighted by Crippen LogP contribution is -2.40. The van der Waals surface area contributed by atoms with Crippen molar-refractivity contribution in [1.82, 2.24) is 24.8 Å². The molecule has 1 atom stereocenters. The molecule has 0 amide bonds. The summed E-state index contributed by atoms with van der Waals surface area (Å²) in [4.78, 5) is 34.8. The van der Waals surface area contributed by atoms with Crippen LogP contribution in [-0.4, -0.2) is 58.2 Å². The number of hydrogen-bond donors (Lipinski definition) is 2. The number of nitrogens with zero attached hydrogens (tertiary/aromatic N) is 3. The Hall–Kier alpha value is -2.97. The summed E-state index contributed by atoms with van der Waals surface area (Å²) in [6.07, 6.45) is 6.78. The Bertz CT molecular complexity index is 1270. The molecular weight excluding hydrogens is 466 g/mol. The second kappa shape index (κ2) is 12.0. The Morgan fingerprint density at radius 2 is 2.00 bits per heavy atom. The standard InChI is InChI=1S/C29H41N5O3/c1-19(2)14-25(29(36)37-23-8-6-7-9-23)30-17-21-10-11-26-24(16-21)32-27(34(26)13-12-33(4)5)22-15-20(3)28(35)31-18-22/h10-11,15-16,18-19,23,25,30H,6-9,12-14,17H2,1-5H3,(H,31,35)/t25-/m0/s1. The molecule has 0 bridgehead atoms. The number of esters is 1. The summed E-state index contributed by atoms with van der Waals surface area (Å²) >= 11 is 0. The van der Waals surface area contributed by atoms with E-state index in [1.165, 1.54) is 0 Å². The molecule has 0 saturated heterocycles. The van der Waals surface area contributed by atoms with Gasteiger partial charge in [-0.05, 0) is 82.8 Å². The molecule has 2 N–H and O–H groups in total. The smallest absolute Gasteiger partial charge is 0.323 e. The Morgan fingerprint density at radius 3 is 2.68 bits per heavy atom. The van der Waals surface area contributed by atoms with E-state index in [4.69, 9.17) is 9.72 Å². The van der Waals surface area contributed by atoms with Crippen molar-refractivity contribution in [2.24, 2.45) is 5.92 Å². The number of carbonyl (C=O) groups is 1. The second-order valence-corrected chi connectivity index (χ2v) is 11.0. The minimum Gasteiger partial charge on any atom is -0.461 e. The highest BCUT2D eigenvalue weighted by atomic mass is 16.5. The van der Waals surface area contributed by atoms with Crippen molar-refractivity contribution in [1.29, 1.82) is 0 Å². The molecule has 8 heteroatoms. The van der Waals surface area contributed by atoms with E-state index in [1.807, 2.05) is 13.0 Å². The van der Waals surface area contributed by atoms with Gasteiger partial charge in [-0.2, -0.15) is 0 Å². The number of carbonyl (C=O) groups excluding carboxylic acids is 1. The second-order valence-electron chi connectivity index (χ2n) is 11.0. The summed E-state index contributed by atoms with van der Waals surface area (Å²) in [6.45, 7) is 8.27. The zero-order valence-electron chi connectivity index (χ0n) is 22.8. The average Bonchev–Trinajstić information content (AvgIpc) is 3.49. The number of aromatic amines is 1. The lowest BCUT2D eigenvalue weighted by Gasteiger charge is -2.22. The number of H-pyrrole nitrogens is 1. The topological polar surface area (TPSA) is 92.2 Å². The van der Waals surface area contributed by atoms with Gasteiger partial charge in [-0.25, -0.2) is 4.98 Å². The van der Waals surface area contributed by atoms with Crippen LogP contribution in [0.2, 0.25) is 0 Å². The maximum atomic E-state index is 12.9. The molecule has 1 fully saturated rings. The van der Waals surface area contributed by atoms with Crippen LogP contribution in [0.5, 0.6) is 0 Å². The molecule has 2 aromatic heterocycles. The number of pyridine rings is 1. The number of imidazole rings is 1. The SMILES string of the molecule is Cc1cc(-c2nc3cc(CN[C@@H](CC(C)C)C(=O)OC4CCCC4)ccc3n2CCN(C)C)c[nH]c1=O. The summed E-state index contributed by atoms with van der Waals surface area (Å²) in [5.41, 5.74) is 4.47. The van der Waals surface area contributed by atoms with Crippen molar-refractivity contribution in [2.75, 3.05) is 20.6 Å². The fraction of sp³-hybridized carbons (Fsp3) is 0.552. The van der Waals surface area contributed by atoms with Gasteiger partial charge in [-0.3, -0.25) is 9.59 Å². The molecule has 37 heavy (non-hydrogen) atoms. The molecule has 200 valence electrons. The van der Waals surface area contributed by atoms with E-state index in [1.54, 1.807) is 6.20 Å². The zero-order chi connectivity index (χ0) is 26.5. The first-order chi connectivity index (χ1) is 17.7. The van der Waals surface area contributed by atoms with Crippen LogP contribution in [0.25, 0.3) is 22.4 Å². The quantitative estimate of drug-likeness (QED) is 0.377. The fourth-order valence-electron chi connectivity index (χ4n) is 4.99. The Kier molecular flexibility index (Phi) is 8.82. The molecule has 4 rings (SSSR count). The van der Waals surface area contributed by atoms with Gasteiger partial charge in [0.15, 0.2) is 0 Å². The van der Waals surface area contributed by atoms with E-state index < -0.39 is 0 Å². The number of benzene rings is 1. The van der Waals surface area contributed by atoms with Gasteiger partial charge in [0.2, 0.25) is 0 Å². The highest BCUT2D eigenvalue weighted by Gasteiger charge is 2.26. The first-order valence-corrected chi connectivity index (χ1v) is 13.5. The third-order valence-corrected chi connectivity index (χ3v) is 7.06. The number of nitrogens with one attached hydrogen (secondary N) is 2. The highest BCUT2D eigenvalue weighted by molar-refractivity contribution is 5.81. The molecular formula is C29H41N5O3. The van der Waals surface area contributed by atoms with E-state index in [2.05, 4.69) is 65.9 Å². The van der Waals surface area contributed by atoms with Gasteiger partial charge in [0, 0.05) is 37.0 Å². The largest absolute Gasteiger partial charge is 0.461 e. The third kappa shape index (κ3) is 6.87. The number of ether oxygens (including phenoxy) is 1. The molecule has 8 nitrogen and oxygen atoms in total.